The number of carbonyl (C=O) groups is 1. The van der Waals surface area contributed by atoms with Gasteiger partial charge in [-0.05, 0) is 12.8 Å². The number of carbonyl (C=O) groups excluding carboxylic acids is 1. The average Bonchev–Trinajstić information content (AvgIpc) is 2.38. The van der Waals surface area contributed by atoms with Crippen LogP contribution in [0.15, 0.2) is 6.07 Å². The van der Waals surface area contributed by atoms with Gasteiger partial charge in [0.25, 0.3) is 0 Å². The van der Waals surface area contributed by atoms with E-state index in [0.717, 1.165) is 25.2 Å². The summed E-state index contributed by atoms with van der Waals surface area (Å²) in [6.45, 7) is 1.73. The number of anilines is 2. The van der Waals surface area contributed by atoms with Crippen LogP contribution in [0.3, 0.4) is 0 Å². The molecule has 1 aliphatic rings. The first-order chi connectivity index (χ1) is 9.10. The summed E-state index contributed by atoms with van der Waals surface area (Å²) in [5.74, 6) is 1.28. The van der Waals surface area contributed by atoms with Gasteiger partial charge in [-0.1, -0.05) is 0 Å². The summed E-state index contributed by atoms with van der Waals surface area (Å²) in [6.07, 6.45) is 1.74. The fourth-order valence-corrected chi connectivity index (χ4v) is 2.28. The average molecular weight is 265 g/mol. The number of nitrogen functional groups attached to an aromatic ring is 1. The highest BCUT2D eigenvalue weighted by atomic mass is 16.5. The summed E-state index contributed by atoms with van der Waals surface area (Å²) in [5, 5.41) is 0. The molecule has 4 N–H and O–H groups in total. The molecule has 1 aliphatic heterocycles. The molecule has 0 spiro atoms. The number of nitrogens with zero attached hydrogens (tertiary/aromatic N) is 3. The van der Waals surface area contributed by atoms with Gasteiger partial charge in [0.15, 0.2) is 5.82 Å². The van der Waals surface area contributed by atoms with Gasteiger partial charge in [0.1, 0.15) is 18.2 Å². The number of hydrogen-bond acceptors (Lipinski definition) is 6. The van der Waals surface area contributed by atoms with Gasteiger partial charge in [0.05, 0.1) is 5.92 Å². The second kappa shape index (κ2) is 5.83. The van der Waals surface area contributed by atoms with Crippen LogP contribution in [0, 0.1) is 5.92 Å². The lowest BCUT2D eigenvalue weighted by Gasteiger charge is -2.32. The lowest BCUT2D eigenvalue weighted by molar-refractivity contribution is -0.122. The Balaban J connectivity index is 2.18. The van der Waals surface area contributed by atoms with Crippen LogP contribution in [0.1, 0.15) is 18.7 Å². The van der Waals surface area contributed by atoms with Crippen LogP contribution in [0.4, 0.5) is 11.6 Å². The molecule has 1 fully saturated rings. The lowest BCUT2D eigenvalue weighted by atomic mass is 9.97. The van der Waals surface area contributed by atoms with Gasteiger partial charge in [0.2, 0.25) is 5.91 Å². The van der Waals surface area contributed by atoms with Crippen LogP contribution in [0.2, 0.25) is 0 Å². The molecule has 0 saturated carbocycles. The van der Waals surface area contributed by atoms with Crippen molar-refractivity contribution in [3.05, 3.63) is 11.9 Å². The molecule has 0 aromatic carbocycles. The predicted molar refractivity (Wildman–Crippen MR) is 71.3 cm³/mol. The Morgan fingerprint density at radius 3 is 3.05 bits per heavy atom. The quantitative estimate of drug-likeness (QED) is 0.787. The predicted octanol–water partition coefficient (Wildman–Crippen LogP) is -0.0931. The fourth-order valence-electron chi connectivity index (χ4n) is 2.28. The van der Waals surface area contributed by atoms with Crippen molar-refractivity contribution < 1.29 is 9.53 Å². The van der Waals surface area contributed by atoms with Crippen molar-refractivity contribution in [2.24, 2.45) is 11.7 Å². The summed E-state index contributed by atoms with van der Waals surface area (Å²) >= 11 is 0. The first-order valence-electron chi connectivity index (χ1n) is 6.26. The normalized spacial score (nSPS) is 19.4. The third-order valence-electron chi connectivity index (χ3n) is 3.20. The molecule has 1 aromatic heterocycles. The number of methoxy groups -OCH3 is 1. The molecule has 1 unspecified atom stereocenters. The number of aromatic nitrogens is 2. The van der Waals surface area contributed by atoms with E-state index in [-0.39, 0.29) is 11.8 Å². The van der Waals surface area contributed by atoms with E-state index in [1.54, 1.807) is 13.2 Å². The van der Waals surface area contributed by atoms with E-state index in [0.29, 0.717) is 24.8 Å². The molecular formula is C12H19N5O2. The highest BCUT2D eigenvalue weighted by molar-refractivity contribution is 5.77. The van der Waals surface area contributed by atoms with Crippen LogP contribution in [0.25, 0.3) is 0 Å². The Hall–Kier alpha value is -1.89. The van der Waals surface area contributed by atoms with Crippen molar-refractivity contribution >= 4 is 17.5 Å². The van der Waals surface area contributed by atoms with Gasteiger partial charge in [-0.25, -0.2) is 9.97 Å². The third kappa shape index (κ3) is 3.31. The monoisotopic (exact) mass is 265 g/mol. The maximum absolute atomic E-state index is 11.3. The Kier molecular flexibility index (Phi) is 4.16. The molecule has 2 rings (SSSR count). The number of piperidine rings is 1. The minimum atomic E-state index is -0.260. The Morgan fingerprint density at radius 2 is 2.37 bits per heavy atom. The van der Waals surface area contributed by atoms with Crippen molar-refractivity contribution in [1.82, 2.24) is 9.97 Å². The molecule has 104 valence electrons. The molecule has 7 heteroatoms. The van der Waals surface area contributed by atoms with Gasteiger partial charge in [-0.15, -0.1) is 0 Å². The van der Waals surface area contributed by atoms with Crippen molar-refractivity contribution in [1.29, 1.82) is 0 Å². The summed E-state index contributed by atoms with van der Waals surface area (Å²) in [7, 11) is 1.58. The van der Waals surface area contributed by atoms with Crippen LogP contribution in [-0.4, -0.2) is 36.1 Å². The van der Waals surface area contributed by atoms with E-state index < -0.39 is 0 Å². The zero-order valence-corrected chi connectivity index (χ0v) is 11.0. The van der Waals surface area contributed by atoms with Gasteiger partial charge < -0.3 is 21.1 Å². The third-order valence-corrected chi connectivity index (χ3v) is 3.20. The Bertz CT molecular complexity index is 465. The lowest BCUT2D eigenvalue weighted by Crippen LogP contribution is -2.41. The van der Waals surface area contributed by atoms with Gasteiger partial charge >= 0.3 is 0 Å². The molecular weight excluding hydrogens is 246 g/mol. The largest absolute Gasteiger partial charge is 0.384 e. The smallest absolute Gasteiger partial charge is 0.222 e. The number of primary amides is 1. The molecule has 0 radical (unpaired) electrons. The standard InChI is InChI=1S/C12H19N5O2/c1-19-7-10-15-9(13)5-11(16-10)17-4-2-3-8(6-17)12(14)18/h5,8H,2-4,6-7H2,1H3,(H2,14,18)(H2,13,15,16). The van der Waals surface area contributed by atoms with E-state index in [1.807, 2.05) is 4.90 Å². The van der Waals surface area contributed by atoms with Crippen molar-refractivity contribution in [3.8, 4) is 0 Å². The summed E-state index contributed by atoms with van der Waals surface area (Å²) < 4.78 is 5.01. The number of amides is 1. The molecule has 7 nitrogen and oxygen atoms in total. The van der Waals surface area contributed by atoms with Crippen molar-refractivity contribution in [3.63, 3.8) is 0 Å². The second-order valence-corrected chi connectivity index (χ2v) is 4.69. The van der Waals surface area contributed by atoms with E-state index in [1.165, 1.54) is 0 Å². The molecule has 1 atom stereocenters. The Labute approximate surface area is 111 Å². The van der Waals surface area contributed by atoms with Crippen LogP contribution >= 0.6 is 0 Å². The highest BCUT2D eigenvalue weighted by Gasteiger charge is 2.25. The number of ether oxygens (including phenoxy) is 1. The van der Waals surface area contributed by atoms with Crippen LogP contribution < -0.4 is 16.4 Å². The first-order valence-corrected chi connectivity index (χ1v) is 6.26. The van der Waals surface area contributed by atoms with Crippen molar-refractivity contribution in [2.45, 2.75) is 19.4 Å². The number of hydrogen-bond donors (Lipinski definition) is 2. The Morgan fingerprint density at radius 1 is 1.58 bits per heavy atom. The van der Waals surface area contributed by atoms with Gasteiger partial charge in [-0.2, -0.15) is 0 Å². The molecule has 1 aromatic rings. The summed E-state index contributed by atoms with van der Waals surface area (Å²) in [4.78, 5) is 21.8. The van der Waals surface area contributed by atoms with E-state index in [9.17, 15) is 4.79 Å². The molecule has 1 amide bonds. The van der Waals surface area contributed by atoms with Crippen LogP contribution in [0.5, 0.6) is 0 Å². The SMILES string of the molecule is COCc1nc(N)cc(N2CCCC(C(N)=O)C2)n1. The van der Waals surface area contributed by atoms with E-state index in [2.05, 4.69) is 9.97 Å². The topological polar surface area (TPSA) is 107 Å². The van der Waals surface area contributed by atoms with E-state index >= 15 is 0 Å². The van der Waals surface area contributed by atoms with Gasteiger partial charge in [-0.3, -0.25) is 4.79 Å². The molecule has 2 heterocycles. The zero-order valence-electron chi connectivity index (χ0n) is 11.0. The fraction of sp³-hybridized carbons (Fsp3) is 0.583. The van der Waals surface area contributed by atoms with E-state index in [4.69, 9.17) is 16.2 Å². The molecule has 1 saturated heterocycles. The minimum Gasteiger partial charge on any atom is -0.384 e. The minimum absolute atomic E-state index is 0.129. The molecule has 0 bridgehead atoms. The number of rotatable bonds is 4. The van der Waals surface area contributed by atoms with Gasteiger partial charge in [0, 0.05) is 26.3 Å². The second-order valence-electron chi connectivity index (χ2n) is 4.69. The zero-order chi connectivity index (χ0) is 13.8. The van der Waals surface area contributed by atoms with Crippen molar-refractivity contribution in [2.75, 3.05) is 30.8 Å². The summed E-state index contributed by atoms with van der Waals surface area (Å²) in [6, 6.07) is 1.71. The maximum Gasteiger partial charge on any atom is 0.222 e. The highest BCUT2D eigenvalue weighted by Crippen LogP contribution is 2.22. The first kappa shape index (κ1) is 13.5. The number of nitrogens with two attached hydrogens (primary N) is 2. The molecule has 0 aliphatic carbocycles. The maximum atomic E-state index is 11.3. The summed E-state index contributed by atoms with van der Waals surface area (Å²) in [5.41, 5.74) is 11.1. The van der Waals surface area contributed by atoms with Crippen LogP contribution in [-0.2, 0) is 16.1 Å². The molecule has 19 heavy (non-hydrogen) atoms.